The molecule has 0 bridgehead atoms. The van der Waals surface area contributed by atoms with Crippen LogP contribution in [0.15, 0.2) is 12.1 Å². The van der Waals surface area contributed by atoms with Gasteiger partial charge in [-0.15, -0.1) is 0 Å². The van der Waals surface area contributed by atoms with E-state index < -0.39 is 40.4 Å². The van der Waals surface area contributed by atoms with Crippen LogP contribution in [0.4, 0.5) is 17.6 Å². The lowest BCUT2D eigenvalue weighted by Crippen LogP contribution is -2.14. The van der Waals surface area contributed by atoms with Crippen molar-refractivity contribution < 1.29 is 27.1 Å². The second-order valence-electron chi connectivity index (χ2n) is 3.92. The zero-order chi connectivity index (χ0) is 15.8. The monoisotopic (exact) mass is 304 g/mol. The Balaban J connectivity index is 2.74. The number of amides is 1. The largest absolute Gasteiger partial charge is 0.497 e. The van der Waals surface area contributed by atoms with Crippen LogP contribution < -0.4 is 10.5 Å². The lowest BCUT2D eigenvalue weighted by molar-refractivity contribution is -0.140. The number of aromatic nitrogens is 3. The Morgan fingerprint density at radius 2 is 2.00 bits per heavy atom. The van der Waals surface area contributed by atoms with E-state index in [0.717, 1.165) is 13.2 Å². The standard InChI is InChI=1S/C11H8F4N4O2/c1-21-4-2-5(7(12)6(3-4)11(13,14)15)8-9(10(16)20)18-19-17-8/h2-3H,1H3,(H2,16,20)(H,17,18,19). The molecule has 0 atom stereocenters. The summed E-state index contributed by atoms with van der Waals surface area (Å²) >= 11 is 0. The second-order valence-corrected chi connectivity index (χ2v) is 3.92. The van der Waals surface area contributed by atoms with E-state index in [-0.39, 0.29) is 5.75 Å². The molecule has 1 heterocycles. The number of nitrogens with two attached hydrogens (primary N) is 1. The molecule has 21 heavy (non-hydrogen) atoms. The topological polar surface area (TPSA) is 93.9 Å². The highest BCUT2D eigenvalue weighted by Gasteiger charge is 2.37. The van der Waals surface area contributed by atoms with Gasteiger partial charge in [0.25, 0.3) is 5.91 Å². The first-order valence-electron chi connectivity index (χ1n) is 5.41. The molecule has 6 nitrogen and oxygen atoms in total. The lowest BCUT2D eigenvalue weighted by Gasteiger charge is -2.12. The van der Waals surface area contributed by atoms with E-state index >= 15 is 0 Å². The number of hydrogen-bond acceptors (Lipinski definition) is 4. The van der Waals surface area contributed by atoms with Crippen molar-refractivity contribution in [2.45, 2.75) is 6.18 Å². The van der Waals surface area contributed by atoms with E-state index in [4.69, 9.17) is 10.5 Å². The fraction of sp³-hybridized carbons (Fsp3) is 0.182. The van der Waals surface area contributed by atoms with E-state index in [1.807, 2.05) is 5.21 Å². The van der Waals surface area contributed by atoms with Gasteiger partial charge in [0.1, 0.15) is 17.3 Å². The van der Waals surface area contributed by atoms with Gasteiger partial charge in [0.2, 0.25) is 0 Å². The summed E-state index contributed by atoms with van der Waals surface area (Å²) in [5, 5.41) is 8.86. The minimum atomic E-state index is -4.94. The van der Waals surface area contributed by atoms with Gasteiger partial charge in [0, 0.05) is 5.56 Å². The summed E-state index contributed by atoms with van der Waals surface area (Å²) < 4.78 is 57.2. The third-order valence-electron chi connectivity index (χ3n) is 2.62. The summed E-state index contributed by atoms with van der Waals surface area (Å²) in [6.07, 6.45) is -4.94. The molecule has 0 aliphatic carbocycles. The molecule has 0 spiro atoms. The molecule has 0 fully saturated rings. The first-order chi connectivity index (χ1) is 9.75. The second kappa shape index (κ2) is 5.04. The van der Waals surface area contributed by atoms with Crippen LogP contribution >= 0.6 is 0 Å². The van der Waals surface area contributed by atoms with Gasteiger partial charge < -0.3 is 10.5 Å². The average Bonchev–Trinajstić information content (AvgIpc) is 2.86. The van der Waals surface area contributed by atoms with E-state index in [0.29, 0.717) is 6.07 Å². The van der Waals surface area contributed by atoms with Crippen molar-refractivity contribution in [3.63, 3.8) is 0 Å². The Bertz CT molecular complexity index is 696. The first kappa shape index (κ1) is 14.8. The summed E-state index contributed by atoms with van der Waals surface area (Å²) in [5.41, 5.74) is 1.96. The molecular formula is C11H8F4N4O2. The van der Waals surface area contributed by atoms with Crippen LogP contribution in [0.2, 0.25) is 0 Å². The predicted octanol–water partition coefficient (Wildman–Crippen LogP) is 1.74. The lowest BCUT2D eigenvalue weighted by atomic mass is 10.0. The molecular weight excluding hydrogens is 296 g/mol. The molecule has 2 aromatic rings. The SMILES string of the molecule is COc1cc(-c2n[nH]nc2C(N)=O)c(F)c(C(F)(F)F)c1. The van der Waals surface area contributed by atoms with Crippen molar-refractivity contribution in [3.8, 4) is 17.0 Å². The number of ether oxygens (including phenoxy) is 1. The minimum Gasteiger partial charge on any atom is -0.497 e. The molecule has 0 saturated heterocycles. The van der Waals surface area contributed by atoms with E-state index in [2.05, 4.69) is 10.2 Å². The highest BCUT2D eigenvalue weighted by molar-refractivity contribution is 5.96. The Morgan fingerprint density at radius 3 is 2.52 bits per heavy atom. The van der Waals surface area contributed by atoms with Crippen LogP contribution in [0.25, 0.3) is 11.3 Å². The van der Waals surface area contributed by atoms with Crippen molar-refractivity contribution in [1.29, 1.82) is 0 Å². The fourth-order valence-corrected chi connectivity index (χ4v) is 1.68. The van der Waals surface area contributed by atoms with Gasteiger partial charge in [-0.1, -0.05) is 0 Å². The number of halogens is 4. The Kier molecular flexibility index (Phi) is 3.54. The maximum atomic E-state index is 14.1. The number of methoxy groups -OCH3 is 1. The number of carbonyl (C=O) groups is 1. The van der Waals surface area contributed by atoms with E-state index in [1.54, 1.807) is 0 Å². The van der Waals surface area contributed by atoms with Gasteiger partial charge in [0.05, 0.1) is 12.7 Å². The van der Waals surface area contributed by atoms with Crippen LogP contribution in [-0.2, 0) is 6.18 Å². The van der Waals surface area contributed by atoms with E-state index in [1.165, 1.54) is 0 Å². The number of benzene rings is 1. The number of carbonyl (C=O) groups excluding carboxylic acids is 1. The molecule has 112 valence electrons. The summed E-state index contributed by atoms with van der Waals surface area (Å²) in [6.45, 7) is 0. The number of nitrogens with one attached hydrogen (secondary N) is 1. The summed E-state index contributed by atoms with van der Waals surface area (Å²) in [4.78, 5) is 11.1. The summed E-state index contributed by atoms with van der Waals surface area (Å²) in [5.74, 6) is -2.91. The van der Waals surface area contributed by atoms with Gasteiger partial charge in [-0.3, -0.25) is 4.79 Å². The number of nitrogens with zero attached hydrogens (tertiary/aromatic N) is 2. The van der Waals surface area contributed by atoms with Gasteiger partial charge in [-0.25, -0.2) is 4.39 Å². The van der Waals surface area contributed by atoms with Crippen molar-refractivity contribution in [2.24, 2.45) is 5.73 Å². The van der Waals surface area contributed by atoms with Crippen LogP contribution in [0, 0.1) is 5.82 Å². The smallest absolute Gasteiger partial charge is 0.419 e. The number of alkyl halides is 3. The molecule has 0 aliphatic heterocycles. The van der Waals surface area contributed by atoms with Gasteiger partial charge in [0.15, 0.2) is 5.69 Å². The molecule has 0 aliphatic rings. The van der Waals surface area contributed by atoms with Crippen LogP contribution in [0.1, 0.15) is 16.1 Å². The van der Waals surface area contributed by atoms with Crippen molar-refractivity contribution in [2.75, 3.05) is 7.11 Å². The number of aromatic amines is 1. The molecule has 1 amide bonds. The zero-order valence-electron chi connectivity index (χ0n) is 10.5. The number of primary amides is 1. The van der Waals surface area contributed by atoms with Crippen molar-refractivity contribution >= 4 is 5.91 Å². The molecule has 1 aromatic carbocycles. The Labute approximate surface area is 114 Å². The Hall–Kier alpha value is -2.65. The molecule has 1 aromatic heterocycles. The normalized spacial score (nSPS) is 11.5. The third-order valence-corrected chi connectivity index (χ3v) is 2.62. The van der Waals surface area contributed by atoms with Crippen LogP contribution in [0.3, 0.4) is 0 Å². The number of rotatable bonds is 3. The average molecular weight is 304 g/mol. The minimum absolute atomic E-state index is 0.253. The van der Waals surface area contributed by atoms with E-state index in [9.17, 15) is 22.4 Å². The highest BCUT2D eigenvalue weighted by Crippen LogP contribution is 2.38. The van der Waals surface area contributed by atoms with Crippen LogP contribution in [-0.4, -0.2) is 28.4 Å². The summed E-state index contributed by atoms with van der Waals surface area (Å²) in [6, 6.07) is 1.47. The molecule has 0 radical (unpaired) electrons. The maximum Gasteiger partial charge on any atom is 0.419 e. The maximum absolute atomic E-state index is 14.1. The molecule has 0 saturated carbocycles. The van der Waals surface area contributed by atoms with Gasteiger partial charge in [-0.2, -0.15) is 28.6 Å². The number of H-pyrrole nitrogens is 1. The predicted molar refractivity (Wildman–Crippen MR) is 61.8 cm³/mol. The van der Waals surface area contributed by atoms with Crippen molar-refractivity contribution in [3.05, 3.63) is 29.2 Å². The highest BCUT2D eigenvalue weighted by atomic mass is 19.4. The Morgan fingerprint density at radius 1 is 1.33 bits per heavy atom. The molecule has 10 heteroatoms. The van der Waals surface area contributed by atoms with Gasteiger partial charge in [-0.05, 0) is 12.1 Å². The number of hydrogen-bond donors (Lipinski definition) is 2. The fourth-order valence-electron chi connectivity index (χ4n) is 1.68. The quantitative estimate of drug-likeness (QED) is 0.844. The van der Waals surface area contributed by atoms with Gasteiger partial charge >= 0.3 is 6.18 Å². The molecule has 2 rings (SSSR count). The van der Waals surface area contributed by atoms with Crippen LogP contribution in [0.5, 0.6) is 5.75 Å². The van der Waals surface area contributed by atoms with Crippen molar-refractivity contribution in [1.82, 2.24) is 15.4 Å². The molecule has 0 unspecified atom stereocenters. The summed E-state index contributed by atoms with van der Waals surface area (Å²) in [7, 11) is 1.12. The zero-order valence-corrected chi connectivity index (χ0v) is 10.5. The molecule has 3 N–H and O–H groups in total. The third kappa shape index (κ3) is 2.64. The first-order valence-corrected chi connectivity index (χ1v) is 5.41.